The molecule has 24 heavy (non-hydrogen) atoms. The van der Waals surface area contributed by atoms with Crippen LogP contribution in [0.25, 0.3) is 0 Å². The lowest BCUT2D eigenvalue weighted by Crippen LogP contribution is -2.35. The number of nitrogens with zero attached hydrogens (tertiary/aromatic N) is 3. The molecular weight excluding hydrogens is 298 g/mol. The molecule has 1 aliphatic heterocycles. The summed E-state index contributed by atoms with van der Waals surface area (Å²) in [6, 6.07) is 11.1. The maximum atomic E-state index is 5.31. The summed E-state index contributed by atoms with van der Waals surface area (Å²) in [6.07, 6.45) is 1.05. The van der Waals surface area contributed by atoms with Crippen LogP contribution in [0.5, 0.6) is 0 Å². The van der Waals surface area contributed by atoms with Crippen LogP contribution in [0.2, 0.25) is 0 Å². The van der Waals surface area contributed by atoms with Gasteiger partial charge >= 0.3 is 0 Å². The second kappa shape index (κ2) is 6.52. The van der Waals surface area contributed by atoms with Gasteiger partial charge in [0.15, 0.2) is 0 Å². The van der Waals surface area contributed by atoms with E-state index in [2.05, 4.69) is 62.9 Å². The van der Waals surface area contributed by atoms with Gasteiger partial charge in [0.1, 0.15) is 11.6 Å². The molecule has 1 aliphatic rings. The summed E-state index contributed by atoms with van der Waals surface area (Å²) in [5.74, 6) is 1.88. The highest BCUT2D eigenvalue weighted by atomic mass is 16.5. The molecule has 0 spiro atoms. The van der Waals surface area contributed by atoms with Gasteiger partial charge in [0.2, 0.25) is 0 Å². The number of anilines is 1. The molecule has 128 valence electrons. The third-order valence-electron chi connectivity index (χ3n) is 4.62. The molecule has 1 unspecified atom stereocenters. The summed E-state index contributed by atoms with van der Waals surface area (Å²) in [4.78, 5) is 12.0. The van der Waals surface area contributed by atoms with Gasteiger partial charge in [0, 0.05) is 25.1 Å². The Morgan fingerprint density at radius 2 is 1.96 bits per heavy atom. The molecule has 2 heterocycles. The molecular formula is C20H27N3O. The molecule has 4 heteroatoms. The molecule has 0 amide bonds. The van der Waals surface area contributed by atoms with Crippen LogP contribution in [0.3, 0.4) is 0 Å². The van der Waals surface area contributed by atoms with Gasteiger partial charge in [-0.25, -0.2) is 9.97 Å². The lowest BCUT2D eigenvalue weighted by molar-refractivity contribution is 0.181. The fourth-order valence-corrected chi connectivity index (χ4v) is 3.27. The largest absolute Gasteiger partial charge is 0.378 e. The van der Waals surface area contributed by atoms with E-state index in [1.807, 2.05) is 0 Å². The van der Waals surface area contributed by atoms with E-state index in [9.17, 15) is 0 Å². The van der Waals surface area contributed by atoms with Gasteiger partial charge in [-0.1, -0.05) is 45.0 Å². The van der Waals surface area contributed by atoms with Crippen molar-refractivity contribution in [3.8, 4) is 0 Å². The lowest BCUT2D eigenvalue weighted by Gasteiger charge is -2.36. The number of benzene rings is 1. The van der Waals surface area contributed by atoms with Crippen molar-refractivity contribution in [1.29, 1.82) is 0 Å². The molecule has 4 nitrogen and oxygen atoms in total. The maximum absolute atomic E-state index is 5.31. The SMILES string of the molecule is COCc1cc(N2CCc3ccccc3C2C)nc(C(C)(C)C)n1. The number of fused-ring (bicyclic) bond motifs is 1. The molecule has 0 aliphatic carbocycles. The fraction of sp³-hybridized carbons (Fsp3) is 0.500. The smallest absolute Gasteiger partial charge is 0.136 e. The van der Waals surface area contributed by atoms with Crippen LogP contribution in [0.1, 0.15) is 56.4 Å². The summed E-state index contributed by atoms with van der Waals surface area (Å²) < 4.78 is 5.31. The van der Waals surface area contributed by atoms with E-state index in [4.69, 9.17) is 14.7 Å². The zero-order valence-corrected chi connectivity index (χ0v) is 15.3. The van der Waals surface area contributed by atoms with Crippen LogP contribution in [0, 0.1) is 0 Å². The van der Waals surface area contributed by atoms with Crippen molar-refractivity contribution in [2.45, 2.75) is 52.2 Å². The lowest BCUT2D eigenvalue weighted by atomic mass is 9.93. The number of ether oxygens (including phenoxy) is 1. The standard InChI is InChI=1S/C20H27N3O/c1-14-17-9-7-6-8-15(17)10-11-23(14)18-12-16(13-24-5)21-19(22-18)20(2,3)4/h6-9,12,14H,10-11,13H2,1-5H3. The van der Waals surface area contributed by atoms with Crippen molar-refractivity contribution in [2.75, 3.05) is 18.6 Å². The Kier molecular flexibility index (Phi) is 4.59. The van der Waals surface area contributed by atoms with Gasteiger partial charge in [0.05, 0.1) is 18.3 Å². The first kappa shape index (κ1) is 16.9. The second-order valence-electron chi connectivity index (χ2n) is 7.54. The van der Waals surface area contributed by atoms with E-state index in [1.54, 1.807) is 7.11 Å². The Hall–Kier alpha value is -1.94. The molecule has 3 rings (SSSR count). The molecule has 0 saturated heterocycles. The first-order chi connectivity index (χ1) is 11.4. The van der Waals surface area contributed by atoms with Crippen molar-refractivity contribution >= 4 is 5.82 Å². The number of aromatic nitrogens is 2. The van der Waals surface area contributed by atoms with Gasteiger partial charge < -0.3 is 9.64 Å². The van der Waals surface area contributed by atoms with Gasteiger partial charge in [-0.15, -0.1) is 0 Å². The third-order valence-corrected chi connectivity index (χ3v) is 4.62. The van der Waals surface area contributed by atoms with Crippen LogP contribution in [0.15, 0.2) is 30.3 Å². The molecule has 1 aromatic carbocycles. The summed E-state index contributed by atoms with van der Waals surface area (Å²) in [7, 11) is 1.71. The molecule has 0 saturated carbocycles. The highest BCUT2D eigenvalue weighted by Crippen LogP contribution is 2.33. The number of hydrogen-bond donors (Lipinski definition) is 0. The minimum Gasteiger partial charge on any atom is -0.378 e. The van der Waals surface area contributed by atoms with Crippen LogP contribution in [0.4, 0.5) is 5.82 Å². The minimum atomic E-state index is -0.0879. The Morgan fingerprint density at radius 3 is 2.67 bits per heavy atom. The average molecular weight is 325 g/mol. The summed E-state index contributed by atoms with van der Waals surface area (Å²) >= 11 is 0. The highest BCUT2D eigenvalue weighted by molar-refractivity contribution is 5.48. The second-order valence-corrected chi connectivity index (χ2v) is 7.54. The summed E-state index contributed by atoms with van der Waals surface area (Å²) in [6.45, 7) is 10.2. The highest BCUT2D eigenvalue weighted by Gasteiger charge is 2.27. The monoisotopic (exact) mass is 325 g/mol. The molecule has 0 bridgehead atoms. The van der Waals surface area contributed by atoms with E-state index in [0.29, 0.717) is 12.6 Å². The first-order valence-corrected chi connectivity index (χ1v) is 8.62. The Morgan fingerprint density at radius 1 is 1.21 bits per heavy atom. The predicted octanol–water partition coefficient (Wildman–Crippen LogP) is 4.04. The van der Waals surface area contributed by atoms with E-state index in [1.165, 1.54) is 11.1 Å². The molecule has 0 N–H and O–H groups in total. The fourth-order valence-electron chi connectivity index (χ4n) is 3.27. The van der Waals surface area contributed by atoms with Crippen LogP contribution < -0.4 is 4.90 Å². The van der Waals surface area contributed by atoms with E-state index in [0.717, 1.165) is 30.3 Å². The normalized spacial score (nSPS) is 17.7. The number of methoxy groups -OCH3 is 1. The quantitative estimate of drug-likeness (QED) is 0.853. The number of hydrogen-bond acceptors (Lipinski definition) is 4. The Labute approximate surface area is 144 Å². The van der Waals surface area contributed by atoms with Crippen LogP contribution in [-0.4, -0.2) is 23.6 Å². The maximum Gasteiger partial charge on any atom is 0.136 e. The van der Waals surface area contributed by atoms with Crippen molar-refractivity contribution < 1.29 is 4.74 Å². The van der Waals surface area contributed by atoms with E-state index >= 15 is 0 Å². The summed E-state index contributed by atoms with van der Waals surface area (Å²) in [5.41, 5.74) is 3.70. The number of rotatable bonds is 3. The molecule has 1 aromatic heterocycles. The van der Waals surface area contributed by atoms with Gasteiger partial charge in [-0.3, -0.25) is 0 Å². The molecule has 0 radical (unpaired) electrons. The van der Waals surface area contributed by atoms with Gasteiger partial charge in [0.25, 0.3) is 0 Å². The zero-order chi connectivity index (χ0) is 17.3. The average Bonchev–Trinajstić information content (AvgIpc) is 2.55. The van der Waals surface area contributed by atoms with E-state index in [-0.39, 0.29) is 5.41 Å². The molecule has 0 fully saturated rings. The van der Waals surface area contributed by atoms with Gasteiger partial charge in [-0.2, -0.15) is 0 Å². The van der Waals surface area contributed by atoms with Crippen molar-refractivity contribution in [1.82, 2.24) is 9.97 Å². The zero-order valence-electron chi connectivity index (χ0n) is 15.3. The van der Waals surface area contributed by atoms with Gasteiger partial charge in [-0.05, 0) is 24.5 Å². The van der Waals surface area contributed by atoms with Crippen molar-refractivity contribution in [3.63, 3.8) is 0 Å². The van der Waals surface area contributed by atoms with Crippen LogP contribution >= 0.6 is 0 Å². The van der Waals surface area contributed by atoms with E-state index < -0.39 is 0 Å². The molecule has 2 aromatic rings. The third kappa shape index (κ3) is 3.29. The first-order valence-electron chi connectivity index (χ1n) is 8.62. The Balaban J connectivity index is 2.01. The minimum absolute atomic E-state index is 0.0879. The van der Waals surface area contributed by atoms with Crippen molar-refractivity contribution in [3.05, 3.63) is 53.0 Å². The van der Waals surface area contributed by atoms with Crippen LogP contribution in [-0.2, 0) is 23.2 Å². The summed E-state index contributed by atoms with van der Waals surface area (Å²) in [5, 5.41) is 0. The Bertz CT molecular complexity index is 721. The molecule has 1 atom stereocenters. The predicted molar refractivity (Wildman–Crippen MR) is 97.4 cm³/mol. The van der Waals surface area contributed by atoms with Crippen molar-refractivity contribution in [2.24, 2.45) is 0 Å². The topological polar surface area (TPSA) is 38.2 Å².